The molecule has 2 N–H and O–H groups in total. The highest BCUT2D eigenvalue weighted by atomic mass is 16.2. The first-order valence-corrected chi connectivity index (χ1v) is 7.90. The fourth-order valence-corrected chi connectivity index (χ4v) is 2.81. The standard InChI is InChI=1S/C16H28N4O/c1-16(2,3)15-18-13(17-4)11-14(19-15)20-9-5-7-12(20)8-6-10-21/h11-12,21H,5-10H2,1-4H3,(H,17,18,19). The molecule has 1 fully saturated rings. The third-order valence-corrected chi connectivity index (χ3v) is 4.01. The van der Waals surface area contributed by atoms with E-state index in [4.69, 9.17) is 10.1 Å². The minimum atomic E-state index is -0.0675. The Morgan fingerprint density at radius 1 is 1.38 bits per heavy atom. The van der Waals surface area contributed by atoms with E-state index in [1.807, 2.05) is 13.1 Å². The van der Waals surface area contributed by atoms with Gasteiger partial charge >= 0.3 is 0 Å². The van der Waals surface area contributed by atoms with E-state index in [1.165, 1.54) is 12.8 Å². The monoisotopic (exact) mass is 292 g/mol. The van der Waals surface area contributed by atoms with Crippen molar-refractivity contribution in [1.82, 2.24) is 9.97 Å². The maximum Gasteiger partial charge on any atom is 0.138 e. The molecule has 5 nitrogen and oxygen atoms in total. The minimum Gasteiger partial charge on any atom is -0.396 e. The summed E-state index contributed by atoms with van der Waals surface area (Å²) in [7, 11) is 1.89. The van der Waals surface area contributed by atoms with Gasteiger partial charge in [0, 0.05) is 37.7 Å². The van der Waals surface area contributed by atoms with Gasteiger partial charge in [0.2, 0.25) is 0 Å². The molecule has 0 spiro atoms. The van der Waals surface area contributed by atoms with Crippen LogP contribution in [0.25, 0.3) is 0 Å². The van der Waals surface area contributed by atoms with Gasteiger partial charge in [-0.05, 0) is 25.7 Å². The van der Waals surface area contributed by atoms with E-state index >= 15 is 0 Å². The number of nitrogens with one attached hydrogen (secondary N) is 1. The van der Waals surface area contributed by atoms with Crippen LogP contribution in [-0.4, -0.2) is 41.3 Å². The maximum atomic E-state index is 9.06. The molecular weight excluding hydrogens is 264 g/mol. The molecule has 5 heteroatoms. The molecule has 1 aromatic heterocycles. The van der Waals surface area contributed by atoms with E-state index in [1.54, 1.807) is 0 Å². The van der Waals surface area contributed by atoms with Crippen LogP contribution in [0, 0.1) is 0 Å². The van der Waals surface area contributed by atoms with Gasteiger partial charge in [-0.25, -0.2) is 9.97 Å². The predicted octanol–water partition coefficient (Wildman–Crippen LogP) is 2.56. The van der Waals surface area contributed by atoms with E-state index in [0.29, 0.717) is 6.04 Å². The quantitative estimate of drug-likeness (QED) is 0.873. The van der Waals surface area contributed by atoms with Crippen molar-refractivity contribution >= 4 is 11.6 Å². The first-order chi connectivity index (χ1) is 9.95. The van der Waals surface area contributed by atoms with Gasteiger partial charge in [-0.15, -0.1) is 0 Å². The molecule has 1 atom stereocenters. The van der Waals surface area contributed by atoms with Crippen LogP contribution in [-0.2, 0) is 5.41 Å². The maximum absolute atomic E-state index is 9.06. The van der Waals surface area contributed by atoms with Crippen molar-refractivity contribution in [2.24, 2.45) is 0 Å². The molecule has 1 aliphatic heterocycles. The Morgan fingerprint density at radius 3 is 2.76 bits per heavy atom. The van der Waals surface area contributed by atoms with Gasteiger partial charge in [0.1, 0.15) is 17.5 Å². The number of nitrogens with zero attached hydrogens (tertiary/aromatic N) is 3. The van der Waals surface area contributed by atoms with Crippen LogP contribution in [0.3, 0.4) is 0 Å². The number of aliphatic hydroxyl groups is 1. The second-order valence-corrected chi connectivity index (χ2v) is 6.79. The molecule has 0 aliphatic carbocycles. The van der Waals surface area contributed by atoms with Gasteiger partial charge in [-0.3, -0.25) is 0 Å². The number of anilines is 2. The van der Waals surface area contributed by atoms with E-state index < -0.39 is 0 Å². The van der Waals surface area contributed by atoms with Crippen molar-refractivity contribution in [1.29, 1.82) is 0 Å². The highest BCUT2D eigenvalue weighted by Crippen LogP contribution is 2.30. The SMILES string of the molecule is CNc1cc(N2CCCC2CCCO)nc(C(C)(C)C)n1. The van der Waals surface area contributed by atoms with Gasteiger partial charge in [0.15, 0.2) is 0 Å². The Bertz CT molecular complexity index is 470. The Balaban J connectivity index is 2.29. The summed E-state index contributed by atoms with van der Waals surface area (Å²) in [5.41, 5.74) is -0.0675. The summed E-state index contributed by atoms with van der Waals surface area (Å²) < 4.78 is 0. The largest absolute Gasteiger partial charge is 0.396 e. The molecule has 2 rings (SSSR count). The average molecular weight is 292 g/mol. The molecule has 1 aromatic rings. The summed E-state index contributed by atoms with van der Waals surface area (Å²) in [5.74, 6) is 2.76. The van der Waals surface area contributed by atoms with Crippen molar-refractivity contribution in [2.45, 2.75) is 57.9 Å². The molecule has 0 aromatic carbocycles. The number of rotatable bonds is 5. The summed E-state index contributed by atoms with van der Waals surface area (Å²) in [4.78, 5) is 11.8. The zero-order valence-electron chi connectivity index (χ0n) is 13.7. The number of hydrogen-bond acceptors (Lipinski definition) is 5. The molecule has 0 radical (unpaired) electrons. The summed E-state index contributed by atoms with van der Waals surface area (Å²) in [6, 6.07) is 2.52. The second-order valence-electron chi connectivity index (χ2n) is 6.79. The zero-order valence-corrected chi connectivity index (χ0v) is 13.7. The molecule has 0 bridgehead atoms. The predicted molar refractivity (Wildman–Crippen MR) is 87.0 cm³/mol. The number of aliphatic hydroxyl groups excluding tert-OH is 1. The molecule has 1 unspecified atom stereocenters. The lowest BCUT2D eigenvalue weighted by molar-refractivity contribution is 0.279. The molecule has 0 saturated carbocycles. The fraction of sp³-hybridized carbons (Fsp3) is 0.750. The van der Waals surface area contributed by atoms with E-state index in [0.717, 1.165) is 36.8 Å². The Labute approximate surface area is 127 Å². The summed E-state index contributed by atoms with van der Waals surface area (Å²) >= 11 is 0. The molecule has 118 valence electrons. The lowest BCUT2D eigenvalue weighted by Gasteiger charge is -2.28. The molecule has 1 saturated heterocycles. The van der Waals surface area contributed by atoms with E-state index in [2.05, 4.69) is 36.0 Å². The minimum absolute atomic E-state index is 0.0675. The Kier molecular flexibility index (Phi) is 5.04. The average Bonchev–Trinajstić information content (AvgIpc) is 2.92. The first kappa shape index (κ1) is 16.0. The number of hydrogen-bond donors (Lipinski definition) is 2. The van der Waals surface area contributed by atoms with Crippen LogP contribution in [0.4, 0.5) is 11.6 Å². The van der Waals surface area contributed by atoms with Gasteiger partial charge in [-0.2, -0.15) is 0 Å². The third-order valence-electron chi connectivity index (χ3n) is 4.01. The molecule has 21 heavy (non-hydrogen) atoms. The van der Waals surface area contributed by atoms with Crippen LogP contribution in [0.15, 0.2) is 6.07 Å². The van der Waals surface area contributed by atoms with Crippen LogP contribution in [0.1, 0.15) is 52.3 Å². The van der Waals surface area contributed by atoms with Gasteiger partial charge < -0.3 is 15.3 Å². The molecule has 2 heterocycles. The van der Waals surface area contributed by atoms with Crippen LogP contribution < -0.4 is 10.2 Å². The zero-order chi connectivity index (χ0) is 15.5. The van der Waals surface area contributed by atoms with Gasteiger partial charge in [-0.1, -0.05) is 20.8 Å². The van der Waals surface area contributed by atoms with Crippen molar-refractivity contribution < 1.29 is 5.11 Å². The smallest absolute Gasteiger partial charge is 0.138 e. The second kappa shape index (κ2) is 6.60. The van der Waals surface area contributed by atoms with Crippen molar-refractivity contribution in [2.75, 3.05) is 30.4 Å². The Hall–Kier alpha value is -1.36. The summed E-state index contributed by atoms with van der Waals surface area (Å²) in [5, 5.41) is 12.2. The van der Waals surface area contributed by atoms with Gasteiger partial charge in [0.05, 0.1) is 0 Å². The van der Waals surface area contributed by atoms with Crippen LogP contribution in [0.2, 0.25) is 0 Å². The Morgan fingerprint density at radius 2 is 2.14 bits per heavy atom. The lowest BCUT2D eigenvalue weighted by Crippen LogP contribution is -2.31. The van der Waals surface area contributed by atoms with E-state index in [9.17, 15) is 0 Å². The van der Waals surface area contributed by atoms with Crippen molar-refractivity contribution in [3.05, 3.63) is 11.9 Å². The highest BCUT2D eigenvalue weighted by molar-refractivity contribution is 5.51. The summed E-state index contributed by atoms with van der Waals surface area (Å²) in [6.07, 6.45) is 4.26. The topological polar surface area (TPSA) is 61.3 Å². The van der Waals surface area contributed by atoms with Crippen LogP contribution >= 0.6 is 0 Å². The fourth-order valence-electron chi connectivity index (χ4n) is 2.81. The molecule has 0 amide bonds. The number of aromatic nitrogens is 2. The highest BCUT2D eigenvalue weighted by Gasteiger charge is 2.27. The lowest BCUT2D eigenvalue weighted by atomic mass is 9.95. The third kappa shape index (κ3) is 3.84. The normalized spacial score (nSPS) is 19.1. The molecular formula is C16H28N4O. The van der Waals surface area contributed by atoms with E-state index in [-0.39, 0.29) is 12.0 Å². The molecule has 1 aliphatic rings. The van der Waals surface area contributed by atoms with Crippen LogP contribution in [0.5, 0.6) is 0 Å². The summed E-state index contributed by atoms with van der Waals surface area (Å²) in [6.45, 7) is 7.72. The van der Waals surface area contributed by atoms with Gasteiger partial charge in [0.25, 0.3) is 0 Å². The van der Waals surface area contributed by atoms with Crippen molar-refractivity contribution in [3.63, 3.8) is 0 Å². The first-order valence-electron chi connectivity index (χ1n) is 7.90. The van der Waals surface area contributed by atoms with Crippen molar-refractivity contribution in [3.8, 4) is 0 Å².